The maximum Gasteiger partial charge on any atom is 0.175 e. The molecule has 1 aromatic heterocycles. The van der Waals surface area contributed by atoms with E-state index in [4.69, 9.17) is 21.9 Å². The summed E-state index contributed by atoms with van der Waals surface area (Å²) in [4.78, 5) is 0. The monoisotopic (exact) mass is 222 g/mol. The molecule has 3 nitrogen and oxygen atoms in total. The average Bonchev–Trinajstić information content (AvgIpc) is 2.61. The van der Waals surface area contributed by atoms with E-state index in [1.54, 1.807) is 0 Å². The maximum absolute atomic E-state index is 5.82. The SMILES string of the molecule is CCc1onc(N)c1-c1ccc(Cl)cc1. The zero-order chi connectivity index (χ0) is 10.8. The van der Waals surface area contributed by atoms with Gasteiger partial charge in [-0.15, -0.1) is 0 Å². The molecule has 0 aliphatic heterocycles. The molecule has 1 aromatic carbocycles. The van der Waals surface area contributed by atoms with Crippen LogP contribution in [0.15, 0.2) is 28.8 Å². The summed E-state index contributed by atoms with van der Waals surface area (Å²) in [6.07, 6.45) is 0.766. The van der Waals surface area contributed by atoms with Gasteiger partial charge in [0, 0.05) is 11.4 Å². The number of halogens is 1. The van der Waals surface area contributed by atoms with E-state index >= 15 is 0 Å². The number of aromatic nitrogens is 1. The molecule has 0 atom stereocenters. The molecule has 2 rings (SSSR count). The van der Waals surface area contributed by atoms with Gasteiger partial charge in [0.15, 0.2) is 5.82 Å². The fraction of sp³-hybridized carbons (Fsp3) is 0.182. The largest absolute Gasteiger partial charge is 0.380 e. The molecule has 0 radical (unpaired) electrons. The summed E-state index contributed by atoms with van der Waals surface area (Å²) in [5.41, 5.74) is 7.60. The highest BCUT2D eigenvalue weighted by Crippen LogP contribution is 2.30. The second-order valence-corrected chi connectivity index (χ2v) is 3.66. The predicted octanol–water partition coefficient (Wildman–Crippen LogP) is 3.14. The third-order valence-corrected chi connectivity index (χ3v) is 2.50. The Kier molecular flexibility index (Phi) is 2.64. The fourth-order valence-electron chi connectivity index (χ4n) is 1.51. The molecule has 0 unspecified atom stereocenters. The van der Waals surface area contributed by atoms with E-state index in [-0.39, 0.29) is 0 Å². The van der Waals surface area contributed by atoms with Gasteiger partial charge in [-0.25, -0.2) is 0 Å². The van der Waals surface area contributed by atoms with Crippen molar-refractivity contribution in [3.05, 3.63) is 35.0 Å². The van der Waals surface area contributed by atoms with E-state index in [1.165, 1.54) is 0 Å². The number of nitrogens with zero attached hydrogens (tertiary/aromatic N) is 1. The van der Waals surface area contributed by atoms with Gasteiger partial charge in [0.05, 0.1) is 5.56 Å². The lowest BCUT2D eigenvalue weighted by Crippen LogP contribution is -1.89. The Balaban J connectivity index is 2.52. The van der Waals surface area contributed by atoms with E-state index in [9.17, 15) is 0 Å². The lowest BCUT2D eigenvalue weighted by Gasteiger charge is -2.00. The van der Waals surface area contributed by atoms with Crippen LogP contribution in [0.3, 0.4) is 0 Å². The van der Waals surface area contributed by atoms with Crippen LogP contribution in [-0.4, -0.2) is 5.16 Å². The number of nitrogens with two attached hydrogens (primary N) is 1. The van der Waals surface area contributed by atoms with Crippen LogP contribution in [0.25, 0.3) is 11.1 Å². The number of aryl methyl sites for hydroxylation is 1. The normalized spacial score (nSPS) is 10.5. The Morgan fingerprint density at radius 3 is 2.60 bits per heavy atom. The van der Waals surface area contributed by atoms with E-state index in [2.05, 4.69) is 5.16 Å². The summed E-state index contributed by atoms with van der Waals surface area (Å²) in [7, 11) is 0. The first-order chi connectivity index (χ1) is 7.22. The van der Waals surface area contributed by atoms with Crippen molar-refractivity contribution >= 4 is 17.4 Å². The molecule has 2 N–H and O–H groups in total. The van der Waals surface area contributed by atoms with Crippen molar-refractivity contribution < 1.29 is 4.52 Å². The lowest BCUT2D eigenvalue weighted by atomic mass is 10.1. The zero-order valence-electron chi connectivity index (χ0n) is 8.33. The number of anilines is 1. The third kappa shape index (κ3) is 1.83. The van der Waals surface area contributed by atoms with E-state index in [0.717, 1.165) is 23.3 Å². The molecule has 0 aliphatic rings. The molecule has 0 aliphatic carbocycles. The molecular formula is C11H11ClN2O. The molecule has 2 aromatic rings. The summed E-state index contributed by atoms with van der Waals surface area (Å²) < 4.78 is 5.12. The second kappa shape index (κ2) is 3.95. The third-order valence-electron chi connectivity index (χ3n) is 2.24. The Morgan fingerprint density at radius 2 is 2.00 bits per heavy atom. The highest BCUT2D eigenvalue weighted by Gasteiger charge is 2.13. The summed E-state index contributed by atoms with van der Waals surface area (Å²) >= 11 is 5.82. The number of benzene rings is 1. The second-order valence-electron chi connectivity index (χ2n) is 3.23. The Bertz CT molecular complexity index is 462. The van der Waals surface area contributed by atoms with Crippen LogP contribution >= 0.6 is 11.6 Å². The topological polar surface area (TPSA) is 52.0 Å². The minimum atomic E-state index is 0.425. The Labute approximate surface area is 92.8 Å². The van der Waals surface area contributed by atoms with Gasteiger partial charge in [0.25, 0.3) is 0 Å². The van der Waals surface area contributed by atoms with Crippen molar-refractivity contribution in [1.29, 1.82) is 0 Å². The van der Waals surface area contributed by atoms with Gasteiger partial charge in [0.2, 0.25) is 0 Å². The predicted molar refractivity (Wildman–Crippen MR) is 60.7 cm³/mol. The number of rotatable bonds is 2. The molecule has 0 bridgehead atoms. The molecular weight excluding hydrogens is 212 g/mol. The molecule has 15 heavy (non-hydrogen) atoms. The first-order valence-electron chi connectivity index (χ1n) is 4.72. The van der Waals surface area contributed by atoms with E-state index in [1.807, 2.05) is 31.2 Å². The van der Waals surface area contributed by atoms with Crippen LogP contribution in [0.2, 0.25) is 5.02 Å². The van der Waals surface area contributed by atoms with Gasteiger partial charge in [-0.05, 0) is 17.7 Å². The van der Waals surface area contributed by atoms with Gasteiger partial charge in [-0.1, -0.05) is 35.8 Å². The highest BCUT2D eigenvalue weighted by molar-refractivity contribution is 6.30. The molecule has 4 heteroatoms. The summed E-state index contributed by atoms with van der Waals surface area (Å²) in [5.74, 6) is 1.23. The van der Waals surface area contributed by atoms with Gasteiger partial charge in [-0.3, -0.25) is 0 Å². The van der Waals surface area contributed by atoms with Crippen LogP contribution in [-0.2, 0) is 6.42 Å². The average molecular weight is 223 g/mol. The first kappa shape index (κ1) is 10.1. The van der Waals surface area contributed by atoms with Crippen LogP contribution in [0.5, 0.6) is 0 Å². The van der Waals surface area contributed by atoms with Crippen LogP contribution in [0.1, 0.15) is 12.7 Å². The number of nitrogen functional groups attached to an aromatic ring is 1. The molecule has 0 amide bonds. The molecule has 0 saturated heterocycles. The van der Waals surface area contributed by atoms with Crippen molar-refractivity contribution in [2.24, 2.45) is 0 Å². The number of hydrogen-bond acceptors (Lipinski definition) is 3. The van der Waals surface area contributed by atoms with Crippen LogP contribution < -0.4 is 5.73 Å². The van der Waals surface area contributed by atoms with Gasteiger partial charge in [-0.2, -0.15) is 0 Å². The highest BCUT2D eigenvalue weighted by atomic mass is 35.5. The van der Waals surface area contributed by atoms with Gasteiger partial charge < -0.3 is 10.3 Å². The minimum absolute atomic E-state index is 0.425. The minimum Gasteiger partial charge on any atom is -0.380 e. The Hall–Kier alpha value is -1.48. The summed E-state index contributed by atoms with van der Waals surface area (Å²) in [6.45, 7) is 2.00. The Morgan fingerprint density at radius 1 is 1.33 bits per heavy atom. The van der Waals surface area contributed by atoms with Gasteiger partial charge in [0.1, 0.15) is 5.76 Å². The van der Waals surface area contributed by atoms with Crippen LogP contribution in [0, 0.1) is 0 Å². The summed E-state index contributed by atoms with van der Waals surface area (Å²) in [6, 6.07) is 7.46. The first-order valence-corrected chi connectivity index (χ1v) is 5.10. The number of hydrogen-bond donors (Lipinski definition) is 1. The van der Waals surface area contributed by atoms with Crippen molar-refractivity contribution in [2.75, 3.05) is 5.73 Å². The molecule has 0 spiro atoms. The van der Waals surface area contributed by atoms with Crippen molar-refractivity contribution in [2.45, 2.75) is 13.3 Å². The summed E-state index contributed by atoms with van der Waals surface area (Å²) in [5, 5.41) is 4.46. The van der Waals surface area contributed by atoms with Crippen LogP contribution in [0.4, 0.5) is 5.82 Å². The van der Waals surface area contributed by atoms with E-state index < -0.39 is 0 Å². The molecule has 78 valence electrons. The molecule has 0 saturated carbocycles. The van der Waals surface area contributed by atoms with E-state index in [0.29, 0.717) is 10.8 Å². The molecule has 0 fully saturated rings. The molecule has 1 heterocycles. The van der Waals surface area contributed by atoms with Crippen molar-refractivity contribution in [3.63, 3.8) is 0 Å². The standard InChI is InChI=1S/C11H11ClN2O/c1-2-9-10(11(13)14-15-9)7-3-5-8(12)6-4-7/h3-6H,2H2,1H3,(H2,13,14). The zero-order valence-corrected chi connectivity index (χ0v) is 9.08. The lowest BCUT2D eigenvalue weighted by molar-refractivity contribution is 0.390. The fourth-order valence-corrected chi connectivity index (χ4v) is 1.63. The van der Waals surface area contributed by atoms with Crippen molar-refractivity contribution in [3.8, 4) is 11.1 Å². The quantitative estimate of drug-likeness (QED) is 0.849. The smallest absolute Gasteiger partial charge is 0.175 e. The van der Waals surface area contributed by atoms with Crippen molar-refractivity contribution in [1.82, 2.24) is 5.16 Å². The maximum atomic E-state index is 5.82. The van der Waals surface area contributed by atoms with Gasteiger partial charge >= 0.3 is 0 Å².